The number of carbonyl (C=O) groups excluding carboxylic acids is 1. The summed E-state index contributed by atoms with van der Waals surface area (Å²) in [7, 11) is 1.62. The zero-order chi connectivity index (χ0) is 14.3. The Morgan fingerprint density at radius 2 is 2.16 bits per heavy atom. The summed E-state index contributed by atoms with van der Waals surface area (Å²) in [6.45, 7) is 7.93. The molecule has 0 radical (unpaired) electrons. The summed E-state index contributed by atoms with van der Waals surface area (Å²) < 4.78 is 4.87. The fraction of sp³-hybridized carbons (Fsp3) is 0.692. The van der Waals surface area contributed by atoms with Gasteiger partial charge in [-0.1, -0.05) is 0 Å². The number of methoxy groups -OCH3 is 1. The highest BCUT2D eigenvalue weighted by molar-refractivity contribution is 7.11. The number of amides is 1. The van der Waals surface area contributed by atoms with Gasteiger partial charge in [-0.2, -0.15) is 0 Å². The van der Waals surface area contributed by atoms with E-state index in [-0.39, 0.29) is 11.9 Å². The molecule has 0 aromatic carbocycles. The lowest BCUT2D eigenvalue weighted by Gasteiger charge is -2.12. The molecule has 0 aliphatic heterocycles. The highest BCUT2D eigenvalue weighted by Crippen LogP contribution is 2.22. The molecule has 0 spiro atoms. The average molecular weight is 285 g/mol. The van der Waals surface area contributed by atoms with Crippen LogP contribution in [0.2, 0.25) is 0 Å². The van der Waals surface area contributed by atoms with Gasteiger partial charge in [-0.05, 0) is 20.8 Å². The van der Waals surface area contributed by atoms with E-state index in [1.54, 1.807) is 18.4 Å². The molecular weight excluding hydrogens is 262 g/mol. The molecule has 0 aliphatic carbocycles. The average Bonchev–Trinajstić information content (AvgIpc) is 2.69. The molecule has 1 rings (SSSR count). The Balaban J connectivity index is 2.25. The van der Waals surface area contributed by atoms with Crippen LogP contribution >= 0.6 is 11.3 Å². The molecule has 1 unspecified atom stereocenters. The predicted octanol–water partition coefficient (Wildman–Crippen LogP) is 1.56. The molecule has 5 nitrogen and oxygen atoms in total. The van der Waals surface area contributed by atoms with E-state index in [4.69, 9.17) is 4.74 Å². The van der Waals surface area contributed by atoms with E-state index in [1.807, 2.05) is 6.92 Å². The van der Waals surface area contributed by atoms with Gasteiger partial charge in [0.2, 0.25) is 5.91 Å². The normalized spacial score (nSPS) is 12.4. The topological polar surface area (TPSA) is 63.2 Å². The van der Waals surface area contributed by atoms with Crippen molar-refractivity contribution in [2.24, 2.45) is 0 Å². The van der Waals surface area contributed by atoms with E-state index in [2.05, 4.69) is 29.5 Å². The third kappa shape index (κ3) is 5.67. The lowest BCUT2D eigenvalue weighted by atomic mass is 10.2. The number of nitrogens with one attached hydrogen (secondary N) is 2. The van der Waals surface area contributed by atoms with Gasteiger partial charge >= 0.3 is 0 Å². The second-order valence-electron chi connectivity index (χ2n) is 4.44. The number of aromatic nitrogens is 1. The Labute approximate surface area is 118 Å². The number of hydrogen-bond acceptors (Lipinski definition) is 5. The predicted molar refractivity (Wildman–Crippen MR) is 77.5 cm³/mol. The summed E-state index contributed by atoms with van der Waals surface area (Å²) in [5.74, 6) is 0.0444. The SMILES string of the molecule is COCCNC(=O)CCNC(C)c1nc(C)sc1C. The molecule has 1 amide bonds. The molecule has 0 fully saturated rings. The first-order chi connectivity index (χ1) is 9.04. The van der Waals surface area contributed by atoms with Crippen LogP contribution in [0, 0.1) is 13.8 Å². The van der Waals surface area contributed by atoms with Crippen LogP contribution in [0.3, 0.4) is 0 Å². The zero-order valence-electron chi connectivity index (χ0n) is 12.1. The second kappa shape index (κ2) is 8.24. The van der Waals surface area contributed by atoms with E-state index in [0.29, 0.717) is 26.1 Å². The van der Waals surface area contributed by atoms with Crippen LogP contribution < -0.4 is 10.6 Å². The van der Waals surface area contributed by atoms with E-state index < -0.39 is 0 Å². The van der Waals surface area contributed by atoms with Crippen LogP contribution in [-0.2, 0) is 9.53 Å². The maximum atomic E-state index is 11.5. The Bertz CT molecular complexity index is 407. The van der Waals surface area contributed by atoms with Crippen LogP contribution in [0.15, 0.2) is 0 Å². The van der Waals surface area contributed by atoms with Crippen molar-refractivity contribution in [3.8, 4) is 0 Å². The van der Waals surface area contributed by atoms with E-state index in [0.717, 1.165) is 10.7 Å². The Morgan fingerprint density at radius 3 is 2.74 bits per heavy atom. The summed E-state index contributed by atoms with van der Waals surface area (Å²) in [6.07, 6.45) is 0.468. The maximum Gasteiger partial charge on any atom is 0.221 e. The molecule has 0 bridgehead atoms. The number of nitrogens with zero attached hydrogens (tertiary/aromatic N) is 1. The van der Waals surface area contributed by atoms with E-state index >= 15 is 0 Å². The monoisotopic (exact) mass is 285 g/mol. The molecule has 1 atom stereocenters. The molecule has 108 valence electrons. The van der Waals surface area contributed by atoms with Crippen molar-refractivity contribution < 1.29 is 9.53 Å². The molecule has 0 saturated heterocycles. The number of aryl methyl sites for hydroxylation is 2. The number of ether oxygens (including phenoxy) is 1. The summed E-state index contributed by atoms with van der Waals surface area (Å²) in [4.78, 5) is 17.2. The summed E-state index contributed by atoms with van der Waals surface area (Å²) in [5, 5.41) is 7.20. The van der Waals surface area contributed by atoms with Crippen molar-refractivity contribution >= 4 is 17.2 Å². The lowest BCUT2D eigenvalue weighted by Crippen LogP contribution is -2.31. The number of carbonyl (C=O) groups is 1. The molecule has 19 heavy (non-hydrogen) atoms. The summed E-state index contributed by atoms with van der Waals surface area (Å²) in [5.41, 5.74) is 1.09. The minimum Gasteiger partial charge on any atom is -0.383 e. The van der Waals surface area contributed by atoms with Gasteiger partial charge < -0.3 is 15.4 Å². The Morgan fingerprint density at radius 1 is 1.42 bits per heavy atom. The quantitative estimate of drug-likeness (QED) is 0.712. The highest BCUT2D eigenvalue weighted by atomic mass is 32.1. The van der Waals surface area contributed by atoms with Crippen molar-refractivity contribution in [3.05, 3.63) is 15.6 Å². The Kier molecular flexibility index (Phi) is 6.97. The number of rotatable bonds is 8. The van der Waals surface area contributed by atoms with Crippen LogP contribution in [0.25, 0.3) is 0 Å². The van der Waals surface area contributed by atoms with Gasteiger partial charge in [0.25, 0.3) is 0 Å². The van der Waals surface area contributed by atoms with Crippen molar-refractivity contribution in [2.75, 3.05) is 26.8 Å². The van der Waals surface area contributed by atoms with Crippen molar-refractivity contribution in [1.29, 1.82) is 0 Å². The molecule has 6 heteroatoms. The molecule has 1 heterocycles. The van der Waals surface area contributed by atoms with E-state index in [9.17, 15) is 4.79 Å². The Hall–Kier alpha value is -0.980. The van der Waals surface area contributed by atoms with Gasteiger partial charge in [0.05, 0.1) is 17.3 Å². The molecule has 2 N–H and O–H groups in total. The van der Waals surface area contributed by atoms with Gasteiger partial charge in [-0.3, -0.25) is 4.79 Å². The summed E-state index contributed by atoms with van der Waals surface area (Å²) in [6, 6.07) is 0.178. The zero-order valence-corrected chi connectivity index (χ0v) is 12.9. The van der Waals surface area contributed by atoms with Crippen LogP contribution in [0.5, 0.6) is 0 Å². The standard InChI is InChI=1S/C13H23N3O2S/c1-9(13-10(2)19-11(3)16-13)14-6-5-12(17)15-7-8-18-4/h9,14H,5-8H2,1-4H3,(H,15,17). The third-order valence-corrected chi connectivity index (χ3v) is 3.68. The fourth-order valence-electron chi connectivity index (χ4n) is 1.83. The van der Waals surface area contributed by atoms with Crippen molar-refractivity contribution in [3.63, 3.8) is 0 Å². The van der Waals surface area contributed by atoms with Crippen LogP contribution in [0.4, 0.5) is 0 Å². The van der Waals surface area contributed by atoms with Gasteiger partial charge in [0.15, 0.2) is 0 Å². The highest BCUT2D eigenvalue weighted by Gasteiger charge is 2.12. The van der Waals surface area contributed by atoms with Gasteiger partial charge in [-0.15, -0.1) is 11.3 Å². The second-order valence-corrected chi connectivity index (χ2v) is 5.85. The number of thiazole rings is 1. The minimum atomic E-state index is 0.0444. The largest absolute Gasteiger partial charge is 0.383 e. The van der Waals surface area contributed by atoms with Crippen LogP contribution in [0.1, 0.15) is 35.0 Å². The van der Waals surface area contributed by atoms with Gasteiger partial charge in [0, 0.05) is 37.5 Å². The van der Waals surface area contributed by atoms with Gasteiger partial charge in [0.1, 0.15) is 0 Å². The smallest absolute Gasteiger partial charge is 0.221 e. The molecule has 0 aliphatic rings. The van der Waals surface area contributed by atoms with E-state index in [1.165, 1.54) is 4.88 Å². The van der Waals surface area contributed by atoms with Crippen LogP contribution in [-0.4, -0.2) is 37.7 Å². The number of hydrogen-bond donors (Lipinski definition) is 2. The molecular formula is C13H23N3O2S. The van der Waals surface area contributed by atoms with Crippen molar-refractivity contribution in [2.45, 2.75) is 33.2 Å². The molecule has 0 saturated carbocycles. The molecule has 1 aromatic rings. The fourth-order valence-corrected chi connectivity index (χ4v) is 2.74. The van der Waals surface area contributed by atoms with Gasteiger partial charge in [-0.25, -0.2) is 4.98 Å². The maximum absolute atomic E-state index is 11.5. The first-order valence-corrected chi connectivity index (χ1v) is 7.29. The summed E-state index contributed by atoms with van der Waals surface area (Å²) >= 11 is 1.71. The molecule has 1 aromatic heterocycles. The minimum absolute atomic E-state index is 0.0444. The van der Waals surface area contributed by atoms with Crippen molar-refractivity contribution in [1.82, 2.24) is 15.6 Å². The lowest BCUT2D eigenvalue weighted by molar-refractivity contribution is -0.121. The first-order valence-electron chi connectivity index (χ1n) is 6.47. The third-order valence-electron chi connectivity index (χ3n) is 2.78. The first kappa shape index (κ1) is 16.1.